The Bertz CT molecular complexity index is 1140. The molecule has 0 saturated carbocycles. The molecule has 0 spiro atoms. The van der Waals surface area contributed by atoms with Crippen molar-refractivity contribution >= 4 is 41.3 Å². The van der Waals surface area contributed by atoms with Crippen LogP contribution < -0.4 is 21.3 Å². The lowest BCUT2D eigenvalue weighted by Crippen LogP contribution is -2.51. The van der Waals surface area contributed by atoms with Crippen molar-refractivity contribution in [3.8, 4) is 0 Å². The van der Waals surface area contributed by atoms with Crippen molar-refractivity contribution in [1.82, 2.24) is 25.8 Å². The Kier molecular flexibility index (Phi) is 12.5. The molecule has 13 nitrogen and oxygen atoms in total. The molecule has 6 amide bonds. The number of piperazine rings is 1. The molecule has 0 radical (unpaired) electrons. The van der Waals surface area contributed by atoms with E-state index < -0.39 is 17.9 Å². The fourth-order valence-electron chi connectivity index (χ4n) is 4.41. The zero-order chi connectivity index (χ0) is 30.5. The maximum atomic E-state index is 12.7. The third-order valence-corrected chi connectivity index (χ3v) is 6.85. The van der Waals surface area contributed by atoms with Gasteiger partial charge in [-0.25, -0.2) is 4.79 Å². The van der Waals surface area contributed by atoms with Crippen LogP contribution in [0.15, 0.2) is 36.4 Å². The van der Waals surface area contributed by atoms with E-state index in [0.29, 0.717) is 44.6 Å². The molecule has 2 heterocycles. The number of ether oxygens (including phenoxy) is 1. The van der Waals surface area contributed by atoms with Gasteiger partial charge in [0.15, 0.2) is 0 Å². The van der Waals surface area contributed by atoms with E-state index >= 15 is 0 Å². The van der Waals surface area contributed by atoms with Gasteiger partial charge in [-0.1, -0.05) is 32.4 Å². The van der Waals surface area contributed by atoms with E-state index in [4.69, 9.17) is 4.74 Å². The molecule has 1 atom stereocenters. The van der Waals surface area contributed by atoms with Crippen molar-refractivity contribution in [3.05, 3.63) is 42.0 Å². The lowest BCUT2D eigenvalue weighted by atomic mass is 10.0. The summed E-state index contributed by atoms with van der Waals surface area (Å²) in [5, 5.41) is 11.2. The second-order valence-corrected chi connectivity index (χ2v) is 10.5. The van der Waals surface area contributed by atoms with E-state index in [2.05, 4.69) is 21.3 Å². The Morgan fingerprint density at radius 3 is 2.24 bits per heavy atom. The van der Waals surface area contributed by atoms with Gasteiger partial charge in [0.25, 0.3) is 11.8 Å². The molecule has 4 N–H and O–H groups in total. The Labute approximate surface area is 245 Å². The van der Waals surface area contributed by atoms with Gasteiger partial charge < -0.3 is 30.9 Å². The quantitative estimate of drug-likeness (QED) is 0.185. The molecular weight excluding hydrogens is 544 g/mol. The predicted molar refractivity (Wildman–Crippen MR) is 154 cm³/mol. The molecule has 1 saturated heterocycles. The van der Waals surface area contributed by atoms with Gasteiger partial charge in [-0.15, -0.1) is 0 Å². The average molecular weight is 585 g/mol. The second kappa shape index (κ2) is 16.2. The van der Waals surface area contributed by atoms with E-state index in [1.54, 1.807) is 43.0 Å². The molecule has 0 aliphatic carbocycles. The highest BCUT2D eigenvalue weighted by Gasteiger charge is 2.25. The molecule has 2 aliphatic rings. The van der Waals surface area contributed by atoms with E-state index in [9.17, 15) is 28.8 Å². The number of anilines is 1. The van der Waals surface area contributed by atoms with Gasteiger partial charge in [-0.2, -0.15) is 0 Å². The molecule has 2 aliphatic heterocycles. The minimum absolute atomic E-state index is 0.119. The largest absolute Gasteiger partial charge is 0.445 e. The van der Waals surface area contributed by atoms with Crippen molar-refractivity contribution < 1.29 is 33.5 Å². The number of amides is 6. The van der Waals surface area contributed by atoms with E-state index in [0.717, 1.165) is 18.7 Å². The van der Waals surface area contributed by atoms with Gasteiger partial charge >= 0.3 is 6.09 Å². The molecule has 0 bridgehead atoms. The van der Waals surface area contributed by atoms with Gasteiger partial charge in [0.05, 0.1) is 6.54 Å². The van der Waals surface area contributed by atoms with Gasteiger partial charge in [0.2, 0.25) is 17.7 Å². The smallest absolute Gasteiger partial charge is 0.410 e. The highest BCUT2D eigenvalue weighted by atomic mass is 16.6. The number of hydrogen-bond donors (Lipinski definition) is 4. The summed E-state index contributed by atoms with van der Waals surface area (Å²) in [7, 11) is 0. The van der Waals surface area contributed by atoms with Crippen LogP contribution in [0.4, 0.5) is 10.5 Å². The summed E-state index contributed by atoms with van der Waals surface area (Å²) in [4.78, 5) is 75.6. The Morgan fingerprint density at radius 1 is 0.929 bits per heavy atom. The average Bonchev–Trinajstić information content (AvgIpc) is 3.30. The number of imide groups is 1. The second-order valence-electron chi connectivity index (χ2n) is 10.5. The highest BCUT2D eigenvalue weighted by Crippen LogP contribution is 2.12. The summed E-state index contributed by atoms with van der Waals surface area (Å²) in [6.45, 7) is 6.45. The Morgan fingerprint density at radius 2 is 1.60 bits per heavy atom. The Balaban J connectivity index is 1.33. The molecule has 228 valence electrons. The molecule has 42 heavy (non-hydrogen) atoms. The number of nitrogens with one attached hydrogen (secondary N) is 4. The highest BCUT2D eigenvalue weighted by molar-refractivity contribution is 6.12. The van der Waals surface area contributed by atoms with Gasteiger partial charge in [0, 0.05) is 57.0 Å². The van der Waals surface area contributed by atoms with Gasteiger partial charge in [0.1, 0.15) is 12.6 Å². The number of nitrogens with zero attached hydrogens (tertiary/aromatic N) is 2. The summed E-state index contributed by atoms with van der Waals surface area (Å²) >= 11 is 0. The predicted octanol–water partition coefficient (Wildman–Crippen LogP) is 0.909. The zero-order valence-electron chi connectivity index (χ0n) is 24.1. The fraction of sp³-hybridized carbons (Fsp3) is 0.517. The summed E-state index contributed by atoms with van der Waals surface area (Å²) < 4.78 is 5.35. The van der Waals surface area contributed by atoms with E-state index in [1.807, 2.05) is 0 Å². The first-order valence-electron chi connectivity index (χ1n) is 14.3. The van der Waals surface area contributed by atoms with Crippen LogP contribution in [-0.4, -0.2) is 90.7 Å². The molecule has 1 aromatic rings. The molecule has 1 aromatic carbocycles. The standard InChI is InChI=1S/C29H40N6O7/c1-20(2)27(33-23(36)6-4-3-5-15-35-25(38)11-12-26(35)39)28(40)31-18-24(37)32-22-9-7-21(8-10-22)19-42-29(41)34-16-13-30-14-17-34/h7-12,20,27,30H,3-6,13-19H2,1-2H3,(H,31,40)(H,32,37)(H,33,36). The summed E-state index contributed by atoms with van der Waals surface area (Å²) in [6, 6.07) is 6.04. The molecule has 3 rings (SSSR count). The van der Waals surface area contributed by atoms with Crippen LogP contribution in [0.3, 0.4) is 0 Å². The zero-order valence-corrected chi connectivity index (χ0v) is 24.1. The topological polar surface area (TPSA) is 166 Å². The van der Waals surface area contributed by atoms with Crippen LogP contribution in [-0.2, 0) is 35.3 Å². The van der Waals surface area contributed by atoms with Crippen LogP contribution >= 0.6 is 0 Å². The number of rotatable bonds is 14. The molecule has 1 unspecified atom stereocenters. The van der Waals surface area contributed by atoms with Crippen molar-refractivity contribution in [2.45, 2.75) is 52.2 Å². The maximum Gasteiger partial charge on any atom is 0.410 e. The number of hydrogen-bond acceptors (Lipinski definition) is 8. The molecule has 13 heteroatoms. The Hall–Kier alpha value is -4.26. The van der Waals surface area contributed by atoms with Crippen LogP contribution in [0.25, 0.3) is 0 Å². The summed E-state index contributed by atoms with van der Waals surface area (Å²) in [5.41, 5.74) is 1.30. The van der Waals surface area contributed by atoms with Crippen molar-refractivity contribution in [2.24, 2.45) is 5.92 Å². The molecule has 1 fully saturated rings. The minimum atomic E-state index is -0.806. The van der Waals surface area contributed by atoms with Gasteiger partial charge in [-0.05, 0) is 36.5 Å². The monoisotopic (exact) mass is 584 g/mol. The van der Waals surface area contributed by atoms with Crippen molar-refractivity contribution in [2.75, 3.05) is 44.6 Å². The van der Waals surface area contributed by atoms with E-state index in [1.165, 1.54) is 17.1 Å². The summed E-state index contributed by atoms with van der Waals surface area (Å²) in [5.74, 6) is -2.03. The number of carbonyl (C=O) groups is 6. The third kappa shape index (κ3) is 10.3. The van der Waals surface area contributed by atoms with Gasteiger partial charge in [-0.3, -0.25) is 28.9 Å². The molecule has 0 aromatic heterocycles. The van der Waals surface area contributed by atoms with Crippen LogP contribution in [0, 0.1) is 5.92 Å². The maximum absolute atomic E-state index is 12.7. The third-order valence-electron chi connectivity index (χ3n) is 6.85. The normalized spacial score (nSPS) is 15.5. The van der Waals surface area contributed by atoms with Crippen molar-refractivity contribution in [1.29, 1.82) is 0 Å². The van der Waals surface area contributed by atoms with Crippen LogP contribution in [0.5, 0.6) is 0 Å². The lowest BCUT2D eigenvalue weighted by molar-refractivity contribution is -0.137. The first kappa shape index (κ1) is 32.3. The first-order valence-corrected chi connectivity index (χ1v) is 14.3. The minimum Gasteiger partial charge on any atom is -0.445 e. The van der Waals surface area contributed by atoms with Crippen molar-refractivity contribution in [3.63, 3.8) is 0 Å². The van der Waals surface area contributed by atoms with Crippen LogP contribution in [0.2, 0.25) is 0 Å². The number of benzene rings is 1. The van der Waals surface area contributed by atoms with E-state index in [-0.39, 0.29) is 49.3 Å². The SMILES string of the molecule is CC(C)C(NC(=O)CCCCCN1C(=O)C=CC1=O)C(=O)NCC(=O)Nc1ccc(COC(=O)N2CCNCC2)cc1. The summed E-state index contributed by atoms with van der Waals surface area (Å²) in [6.07, 6.45) is 4.10. The first-order chi connectivity index (χ1) is 20.1. The molecular formula is C29H40N6O7. The van der Waals surface area contributed by atoms with Crippen LogP contribution in [0.1, 0.15) is 45.1 Å². The lowest BCUT2D eigenvalue weighted by Gasteiger charge is -2.26. The number of carbonyl (C=O) groups excluding carboxylic acids is 6. The number of unbranched alkanes of at least 4 members (excludes halogenated alkanes) is 2. The fourth-order valence-corrected chi connectivity index (χ4v) is 4.41.